The van der Waals surface area contributed by atoms with Crippen LogP contribution in [0.25, 0.3) is 5.57 Å². The van der Waals surface area contributed by atoms with Crippen LogP contribution in [0.3, 0.4) is 0 Å². The van der Waals surface area contributed by atoms with Crippen LogP contribution in [0.4, 0.5) is 0 Å². The van der Waals surface area contributed by atoms with Gasteiger partial charge in [0.05, 0.1) is 27.2 Å². The molecule has 0 atom stereocenters. The molecule has 0 aliphatic carbocycles. The molecule has 24 heavy (non-hydrogen) atoms. The van der Waals surface area contributed by atoms with Crippen molar-refractivity contribution in [3.05, 3.63) is 50.4 Å². The number of hydrogen-bond acceptors (Lipinski definition) is 2. The van der Waals surface area contributed by atoms with Crippen LogP contribution in [0.15, 0.2) is 39.2 Å². The zero-order valence-electron chi connectivity index (χ0n) is 14.3. The fraction of sp³-hybridized carbons (Fsp3) is 0.444. The van der Waals surface area contributed by atoms with Crippen molar-refractivity contribution in [2.75, 3.05) is 40.3 Å². The van der Waals surface area contributed by atoms with E-state index in [1.54, 1.807) is 38.0 Å². The monoisotopic (exact) mass is 404 g/mol. The Kier molecular flexibility index (Phi) is 9.57. The molecule has 2 N–H and O–H groups in total. The van der Waals surface area contributed by atoms with Crippen LogP contribution in [0.1, 0.15) is 24.0 Å². The largest absolute Gasteiger partial charge is 1.00 e. The summed E-state index contributed by atoms with van der Waals surface area (Å²) in [6.45, 7) is 5.17. The van der Waals surface area contributed by atoms with Gasteiger partial charge < -0.3 is 34.6 Å². The maximum absolute atomic E-state index is 2.30. The molecule has 134 valence electrons. The Labute approximate surface area is 166 Å². The van der Waals surface area contributed by atoms with Gasteiger partial charge in [-0.2, -0.15) is 22.7 Å². The number of rotatable bonds is 5. The van der Waals surface area contributed by atoms with Crippen molar-refractivity contribution < 1.29 is 34.6 Å². The van der Waals surface area contributed by atoms with E-state index in [4.69, 9.17) is 0 Å². The van der Waals surface area contributed by atoms with E-state index in [1.807, 2.05) is 0 Å². The molecule has 1 aliphatic rings. The summed E-state index contributed by atoms with van der Waals surface area (Å²) in [6.07, 6.45) is 2.50. The highest BCUT2D eigenvalue weighted by atomic mass is 35.5. The molecule has 0 aromatic carbocycles. The third-order valence-electron chi connectivity index (χ3n) is 4.51. The highest BCUT2D eigenvalue weighted by Gasteiger charge is 2.22. The lowest BCUT2D eigenvalue weighted by molar-refractivity contribution is -0.943. The zero-order chi connectivity index (χ0) is 15.4. The topological polar surface area (TPSA) is 8.88 Å². The Morgan fingerprint density at radius 3 is 1.96 bits per heavy atom. The molecule has 1 saturated heterocycles. The van der Waals surface area contributed by atoms with E-state index in [2.05, 4.69) is 47.7 Å². The summed E-state index contributed by atoms with van der Waals surface area (Å²) < 4.78 is 0. The average molecular weight is 405 g/mol. The molecular formula is C18H26Cl2N2S2. The van der Waals surface area contributed by atoms with E-state index in [-0.39, 0.29) is 24.8 Å². The Balaban J connectivity index is 0.00000144. The van der Waals surface area contributed by atoms with E-state index < -0.39 is 0 Å². The summed E-state index contributed by atoms with van der Waals surface area (Å²) in [7, 11) is 4.50. The van der Waals surface area contributed by atoms with Gasteiger partial charge in [0.2, 0.25) is 0 Å². The molecule has 3 rings (SSSR count). The molecule has 0 radical (unpaired) electrons. The zero-order valence-corrected chi connectivity index (χ0v) is 17.4. The van der Waals surface area contributed by atoms with Crippen molar-refractivity contribution in [3.8, 4) is 0 Å². The molecule has 0 amide bonds. The molecule has 0 spiro atoms. The highest BCUT2D eigenvalue weighted by Crippen LogP contribution is 2.32. The lowest BCUT2D eigenvalue weighted by atomic mass is 9.91. The minimum atomic E-state index is 0. The van der Waals surface area contributed by atoms with Gasteiger partial charge in [-0.3, -0.25) is 0 Å². The minimum absolute atomic E-state index is 0. The van der Waals surface area contributed by atoms with Crippen LogP contribution in [0, 0.1) is 0 Å². The Hall–Kier alpha value is -0.360. The molecule has 3 heterocycles. The molecule has 6 heteroatoms. The van der Waals surface area contributed by atoms with E-state index in [0.717, 1.165) is 0 Å². The summed E-state index contributed by atoms with van der Waals surface area (Å²) in [4.78, 5) is 3.34. The number of piperidine rings is 1. The van der Waals surface area contributed by atoms with Crippen molar-refractivity contribution in [2.45, 2.75) is 12.8 Å². The van der Waals surface area contributed by atoms with Crippen LogP contribution in [0.5, 0.6) is 0 Å². The van der Waals surface area contributed by atoms with Crippen molar-refractivity contribution in [3.63, 3.8) is 0 Å². The number of likely N-dealkylation sites (N-methyl/N-ethyl adjacent to an activating group) is 1. The van der Waals surface area contributed by atoms with E-state index in [0.29, 0.717) is 0 Å². The molecule has 2 aromatic rings. The molecular weight excluding hydrogens is 379 g/mol. The minimum Gasteiger partial charge on any atom is -1.00 e. The summed E-state index contributed by atoms with van der Waals surface area (Å²) in [5.41, 5.74) is 6.01. The molecule has 2 nitrogen and oxygen atoms in total. The van der Waals surface area contributed by atoms with E-state index in [9.17, 15) is 0 Å². The maximum atomic E-state index is 2.30. The molecule has 2 aromatic heterocycles. The highest BCUT2D eigenvalue weighted by molar-refractivity contribution is 7.08. The number of halogens is 2. The van der Waals surface area contributed by atoms with Gasteiger partial charge in [-0.25, -0.2) is 0 Å². The number of nitrogens with one attached hydrogen (secondary N) is 2. The second-order valence-corrected chi connectivity index (χ2v) is 8.02. The summed E-state index contributed by atoms with van der Waals surface area (Å²) in [6, 6.07) is 4.55. The Morgan fingerprint density at radius 2 is 1.54 bits per heavy atom. The van der Waals surface area contributed by atoms with Gasteiger partial charge in [0.15, 0.2) is 0 Å². The van der Waals surface area contributed by atoms with Crippen molar-refractivity contribution >= 4 is 28.2 Å². The van der Waals surface area contributed by atoms with Crippen molar-refractivity contribution in [1.29, 1.82) is 0 Å². The lowest BCUT2D eigenvalue weighted by Crippen LogP contribution is -3.18. The first-order chi connectivity index (χ1) is 10.7. The van der Waals surface area contributed by atoms with Gasteiger partial charge in [0, 0.05) is 12.8 Å². The standard InChI is InChI=1S/C18H24N2S2.2ClH/c1-19(2)9-10-20-7-3-15(4-8-20)18(16-5-11-21-13-16)17-6-12-22-14-17;;/h5-6,11-14H,3-4,7-10H2,1-2H3;2*1H. The second kappa shape index (κ2) is 10.6. The third-order valence-corrected chi connectivity index (χ3v) is 5.88. The van der Waals surface area contributed by atoms with Crippen LogP contribution in [-0.4, -0.2) is 40.3 Å². The molecule has 1 fully saturated rings. The average Bonchev–Trinajstić information content (AvgIpc) is 3.20. The van der Waals surface area contributed by atoms with E-state index >= 15 is 0 Å². The fourth-order valence-electron chi connectivity index (χ4n) is 3.22. The van der Waals surface area contributed by atoms with Gasteiger partial charge in [-0.15, -0.1) is 0 Å². The van der Waals surface area contributed by atoms with Crippen LogP contribution in [0.2, 0.25) is 0 Å². The van der Waals surface area contributed by atoms with Crippen LogP contribution in [-0.2, 0) is 0 Å². The summed E-state index contributed by atoms with van der Waals surface area (Å²) in [5.74, 6) is 0. The van der Waals surface area contributed by atoms with Crippen molar-refractivity contribution in [1.82, 2.24) is 0 Å². The second-order valence-electron chi connectivity index (χ2n) is 6.46. The van der Waals surface area contributed by atoms with Crippen molar-refractivity contribution in [2.24, 2.45) is 0 Å². The predicted molar refractivity (Wildman–Crippen MR) is 97.1 cm³/mol. The first-order valence-electron chi connectivity index (χ1n) is 8.14. The fourth-order valence-corrected chi connectivity index (χ4v) is 4.51. The first kappa shape index (κ1) is 21.7. The first-order valence-corrected chi connectivity index (χ1v) is 10.0. The van der Waals surface area contributed by atoms with E-state index in [1.165, 1.54) is 55.7 Å². The number of quaternary nitrogens is 2. The Bertz CT molecular complexity index is 561. The van der Waals surface area contributed by atoms with Crippen LogP contribution < -0.4 is 34.6 Å². The summed E-state index contributed by atoms with van der Waals surface area (Å²) in [5, 5.41) is 8.99. The van der Waals surface area contributed by atoms with Gasteiger partial charge >= 0.3 is 0 Å². The summed E-state index contributed by atoms with van der Waals surface area (Å²) >= 11 is 3.60. The van der Waals surface area contributed by atoms with Gasteiger partial charge in [0.1, 0.15) is 13.1 Å². The molecule has 0 saturated carbocycles. The lowest BCUT2D eigenvalue weighted by Gasteiger charge is -2.27. The third kappa shape index (κ3) is 5.58. The maximum Gasteiger partial charge on any atom is 0.127 e. The van der Waals surface area contributed by atoms with Crippen LogP contribution >= 0.6 is 22.7 Å². The number of hydrogen-bond donors (Lipinski definition) is 2. The molecule has 1 aliphatic heterocycles. The molecule has 0 unspecified atom stereocenters. The number of thiophene rings is 2. The van der Waals surface area contributed by atoms with Gasteiger partial charge in [-0.1, -0.05) is 5.57 Å². The SMILES string of the molecule is C[NH+](C)CC[NH+]1CCC(=C(c2ccsc2)c2ccsc2)CC1.[Cl-].[Cl-]. The van der Waals surface area contributed by atoms with Gasteiger partial charge in [-0.05, 0) is 50.4 Å². The smallest absolute Gasteiger partial charge is 0.127 e. The quantitative estimate of drug-likeness (QED) is 0.496. The predicted octanol–water partition coefficient (Wildman–Crippen LogP) is -4.56. The Morgan fingerprint density at radius 1 is 1.00 bits per heavy atom. The number of likely N-dealkylation sites (tertiary alicyclic amines) is 1. The normalized spacial score (nSPS) is 17.3. The van der Waals surface area contributed by atoms with Gasteiger partial charge in [0.25, 0.3) is 0 Å². The molecule has 0 bridgehead atoms.